The zero-order valence-electron chi connectivity index (χ0n) is 16.6. The third kappa shape index (κ3) is 3.65. The minimum absolute atomic E-state index is 0.309. The van der Waals surface area contributed by atoms with Gasteiger partial charge in [-0.2, -0.15) is 0 Å². The molecule has 3 N–H and O–H groups in total. The van der Waals surface area contributed by atoms with E-state index in [1.807, 2.05) is 6.07 Å². The summed E-state index contributed by atoms with van der Waals surface area (Å²) in [5.41, 5.74) is 8.27. The Labute approximate surface area is 168 Å². The molecule has 0 saturated carbocycles. The number of anilines is 2. The second-order valence-electron chi connectivity index (χ2n) is 7.58. The minimum Gasteiger partial charge on any atom is -0.370 e. The summed E-state index contributed by atoms with van der Waals surface area (Å²) in [5.74, 6) is 0.187. The van der Waals surface area contributed by atoms with Gasteiger partial charge in [0.25, 0.3) is 5.91 Å². The van der Waals surface area contributed by atoms with Crippen molar-refractivity contribution < 1.29 is 9.59 Å². The first kappa shape index (κ1) is 18.9. The van der Waals surface area contributed by atoms with Crippen molar-refractivity contribution in [3.05, 3.63) is 53.6 Å². The zero-order valence-corrected chi connectivity index (χ0v) is 16.6. The number of benzene rings is 1. The lowest BCUT2D eigenvalue weighted by Crippen LogP contribution is -2.35. The Bertz CT molecular complexity index is 1090. The van der Waals surface area contributed by atoms with Gasteiger partial charge in [0.05, 0.1) is 17.1 Å². The molecule has 0 bridgehead atoms. The third-order valence-electron chi connectivity index (χ3n) is 5.32. The summed E-state index contributed by atoms with van der Waals surface area (Å²) < 4.78 is 1.66. The highest BCUT2D eigenvalue weighted by molar-refractivity contribution is 6.07. The summed E-state index contributed by atoms with van der Waals surface area (Å²) >= 11 is 0. The molecule has 1 atom stereocenters. The van der Waals surface area contributed by atoms with Crippen molar-refractivity contribution in [1.82, 2.24) is 14.4 Å². The van der Waals surface area contributed by atoms with Gasteiger partial charge in [-0.15, -0.1) is 0 Å². The maximum absolute atomic E-state index is 13.2. The molecule has 4 rings (SSSR count). The van der Waals surface area contributed by atoms with Gasteiger partial charge in [0.1, 0.15) is 5.69 Å². The molecule has 29 heavy (non-hydrogen) atoms. The second-order valence-corrected chi connectivity index (χ2v) is 7.58. The van der Waals surface area contributed by atoms with Crippen LogP contribution in [-0.4, -0.2) is 39.3 Å². The van der Waals surface area contributed by atoms with Gasteiger partial charge in [0, 0.05) is 31.0 Å². The highest BCUT2D eigenvalue weighted by Crippen LogP contribution is 2.31. The van der Waals surface area contributed by atoms with E-state index in [1.54, 1.807) is 41.9 Å². The van der Waals surface area contributed by atoms with Crippen molar-refractivity contribution in [2.45, 2.75) is 26.7 Å². The van der Waals surface area contributed by atoms with E-state index in [0.717, 1.165) is 25.2 Å². The van der Waals surface area contributed by atoms with E-state index in [1.165, 1.54) is 6.42 Å². The molecule has 1 saturated heterocycles. The number of carbonyl (C=O) groups is 2. The van der Waals surface area contributed by atoms with Crippen molar-refractivity contribution in [2.24, 2.45) is 11.7 Å². The zero-order chi connectivity index (χ0) is 20.5. The van der Waals surface area contributed by atoms with Gasteiger partial charge in [-0.05, 0) is 49.9 Å². The Kier molecular flexibility index (Phi) is 4.92. The highest BCUT2D eigenvalue weighted by atomic mass is 16.2. The number of nitrogens with zero attached hydrogens (tertiary/aromatic N) is 4. The van der Waals surface area contributed by atoms with Crippen LogP contribution in [-0.2, 0) is 0 Å². The first-order chi connectivity index (χ1) is 13.9. The minimum atomic E-state index is -0.533. The van der Waals surface area contributed by atoms with Gasteiger partial charge in [0.15, 0.2) is 0 Å². The number of primary amides is 1. The van der Waals surface area contributed by atoms with Crippen molar-refractivity contribution >= 4 is 29.0 Å². The van der Waals surface area contributed by atoms with Gasteiger partial charge in [-0.1, -0.05) is 6.92 Å². The number of nitrogens with one attached hydrogen (secondary N) is 1. The number of piperidine rings is 1. The summed E-state index contributed by atoms with van der Waals surface area (Å²) in [6.07, 6.45) is 5.66. The summed E-state index contributed by atoms with van der Waals surface area (Å²) in [4.78, 5) is 35.7. The molecule has 0 unspecified atom stereocenters. The molecule has 1 fully saturated rings. The molecule has 8 heteroatoms. The van der Waals surface area contributed by atoms with Crippen LogP contribution in [0.3, 0.4) is 0 Å². The normalized spacial score (nSPS) is 16.8. The standard InChI is InChI=1S/C21H24N6O2/c1-13-5-3-9-26(12-13)17-7-6-15(19(22)28)11-16(17)25-20(29)18-14(2)24-21-23-8-4-10-27(18)21/h4,6-8,10-11,13H,3,5,9,12H2,1-2H3,(H2,22,28)(H,25,29)/t13-/m0/s1. The van der Waals surface area contributed by atoms with E-state index in [2.05, 4.69) is 27.1 Å². The number of imidazole rings is 1. The number of hydrogen-bond donors (Lipinski definition) is 2. The Balaban J connectivity index is 1.72. The maximum atomic E-state index is 13.2. The molecule has 3 aromatic rings. The second kappa shape index (κ2) is 7.54. The summed E-state index contributed by atoms with van der Waals surface area (Å²) in [6.45, 7) is 5.80. The number of aryl methyl sites for hydroxylation is 1. The van der Waals surface area contributed by atoms with E-state index in [4.69, 9.17) is 5.73 Å². The average Bonchev–Trinajstić information content (AvgIpc) is 3.03. The monoisotopic (exact) mass is 392 g/mol. The molecule has 1 aliphatic rings. The highest BCUT2D eigenvalue weighted by Gasteiger charge is 2.23. The molecular weight excluding hydrogens is 368 g/mol. The Morgan fingerprint density at radius 2 is 2.14 bits per heavy atom. The van der Waals surface area contributed by atoms with E-state index >= 15 is 0 Å². The molecule has 1 aliphatic heterocycles. The van der Waals surface area contributed by atoms with Crippen LogP contribution in [0.2, 0.25) is 0 Å². The van der Waals surface area contributed by atoms with E-state index in [-0.39, 0.29) is 5.91 Å². The topological polar surface area (TPSA) is 106 Å². The average molecular weight is 392 g/mol. The molecule has 150 valence electrons. The molecule has 1 aromatic carbocycles. The molecule has 2 aromatic heterocycles. The smallest absolute Gasteiger partial charge is 0.274 e. The predicted octanol–water partition coefficient (Wildman–Crippen LogP) is 2.63. The van der Waals surface area contributed by atoms with E-state index in [9.17, 15) is 9.59 Å². The number of fused-ring (bicyclic) bond motifs is 1. The fourth-order valence-corrected chi connectivity index (χ4v) is 3.93. The molecule has 8 nitrogen and oxygen atoms in total. The Morgan fingerprint density at radius 1 is 1.31 bits per heavy atom. The third-order valence-corrected chi connectivity index (χ3v) is 5.32. The number of carbonyl (C=O) groups excluding carboxylic acids is 2. The van der Waals surface area contributed by atoms with Crippen molar-refractivity contribution in [1.29, 1.82) is 0 Å². The quantitative estimate of drug-likeness (QED) is 0.710. The summed E-state index contributed by atoms with van der Waals surface area (Å²) in [7, 11) is 0. The van der Waals surface area contributed by atoms with Crippen LogP contribution in [0.15, 0.2) is 36.7 Å². The van der Waals surface area contributed by atoms with Crippen molar-refractivity contribution in [2.75, 3.05) is 23.3 Å². The number of hydrogen-bond acceptors (Lipinski definition) is 5. The van der Waals surface area contributed by atoms with Crippen molar-refractivity contribution in [3.63, 3.8) is 0 Å². The number of nitrogens with two attached hydrogens (primary N) is 1. The van der Waals surface area contributed by atoms with Gasteiger partial charge in [-0.25, -0.2) is 9.97 Å². The SMILES string of the molecule is Cc1nc2ncccn2c1C(=O)Nc1cc(C(N)=O)ccc1N1CCC[C@H](C)C1. The van der Waals surface area contributed by atoms with Crippen LogP contribution >= 0.6 is 0 Å². The fraction of sp³-hybridized carbons (Fsp3) is 0.333. The Morgan fingerprint density at radius 3 is 2.90 bits per heavy atom. The number of rotatable bonds is 4. The predicted molar refractivity (Wildman–Crippen MR) is 111 cm³/mol. The van der Waals surface area contributed by atoms with Gasteiger partial charge in [-0.3, -0.25) is 14.0 Å². The number of aromatic nitrogens is 3. The van der Waals surface area contributed by atoms with Crippen LogP contribution in [0.1, 0.15) is 46.3 Å². The number of amides is 2. The lowest BCUT2D eigenvalue weighted by Gasteiger charge is -2.34. The van der Waals surface area contributed by atoms with Gasteiger partial charge in [0.2, 0.25) is 11.7 Å². The van der Waals surface area contributed by atoms with Crippen LogP contribution in [0, 0.1) is 12.8 Å². The van der Waals surface area contributed by atoms with Crippen LogP contribution < -0.4 is 16.0 Å². The van der Waals surface area contributed by atoms with Crippen LogP contribution in [0.4, 0.5) is 11.4 Å². The van der Waals surface area contributed by atoms with Gasteiger partial charge < -0.3 is 16.0 Å². The molecule has 0 radical (unpaired) electrons. The summed E-state index contributed by atoms with van der Waals surface area (Å²) in [6, 6.07) is 6.96. The van der Waals surface area contributed by atoms with Crippen LogP contribution in [0.5, 0.6) is 0 Å². The molecule has 2 amide bonds. The largest absolute Gasteiger partial charge is 0.370 e. The first-order valence-corrected chi connectivity index (χ1v) is 9.74. The van der Waals surface area contributed by atoms with Crippen molar-refractivity contribution in [3.8, 4) is 0 Å². The van der Waals surface area contributed by atoms with E-state index in [0.29, 0.717) is 34.3 Å². The van der Waals surface area contributed by atoms with E-state index < -0.39 is 5.91 Å². The van der Waals surface area contributed by atoms with Crippen LogP contribution in [0.25, 0.3) is 5.78 Å². The first-order valence-electron chi connectivity index (χ1n) is 9.74. The summed E-state index contributed by atoms with van der Waals surface area (Å²) in [5, 5.41) is 2.98. The molecular formula is C21H24N6O2. The molecule has 3 heterocycles. The lowest BCUT2D eigenvalue weighted by molar-refractivity contribution is 0.0995. The molecule has 0 spiro atoms. The Hall–Kier alpha value is -3.42. The maximum Gasteiger partial charge on any atom is 0.274 e. The van der Waals surface area contributed by atoms with Gasteiger partial charge >= 0.3 is 0 Å². The lowest BCUT2D eigenvalue weighted by atomic mass is 9.99. The molecule has 0 aliphatic carbocycles. The fourth-order valence-electron chi connectivity index (χ4n) is 3.93.